The molecule has 1 unspecified atom stereocenters. The first-order valence-corrected chi connectivity index (χ1v) is 8.26. The molecule has 0 spiro atoms. The van der Waals surface area contributed by atoms with Crippen LogP contribution < -0.4 is 4.74 Å². The number of nitrogens with zero attached hydrogens (tertiary/aromatic N) is 2. The predicted molar refractivity (Wildman–Crippen MR) is 90.7 cm³/mol. The van der Waals surface area contributed by atoms with Crippen LogP contribution in [-0.4, -0.2) is 63.2 Å². The Morgan fingerprint density at radius 3 is 2.70 bits per heavy atom. The van der Waals surface area contributed by atoms with Crippen molar-refractivity contribution in [2.24, 2.45) is 0 Å². The zero-order chi connectivity index (χ0) is 16.7. The van der Waals surface area contributed by atoms with E-state index < -0.39 is 0 Å². The van der Waals surface area contributed by atoms with Gasteiger partial charge in [0.1, 0.15) is 5.75 Å². The van der Waals surface area contributed by atoms with Crippen LogP contribution in [0.4, 0.5) is 0 Å². The molecule has 0 saturated carbocycles. The number of carbonyl (C=O) groups is 1. The summed E-state index contributed by atoms with van der Waals surface area (Å²) >= 11 is 0. The first-order valence-electron chi connectivity index (χ1n) is 8.26. The van der Waals surface area contributed by atoms with Crippen molar-refractivity contribution >= 4 is 5.91 Å². The molecule has 0 radical (unpaired) electrons. The Labute approximate surface area is 139 Å². The maximum atomic E-state index is 12.6. The standard InChI is InChI=1S/C18H28N2O3/c1-19(11-5-13-22-2)14-18(21)20-12-4-6-17(20)15-7-9-16(23-3)10-8-15/h7-10,17H,4-6,11-14H2,1-3H3. The van der Waals surface area contributed by atoms with E-state index >= 15 is 0 Å². The van der Waals surface area contributed by atoms with Crippen LogP contribution in [-0.2, 0) is 9.53 Å². The third-order valence-corrected chi connectivity index (χ3v) is 4.37. The lowest BCUT2D eigenvalue weighted by Gasteiger charge is -2.27. The van der Waals surface area contributed by atoms with Crippen molar-refractivity contribution in [2.45, 2.75) is 25.3 Å². The molecular formula is C18H28N2O3. The van der Waals surface area contributed by atoms with Gasteiger partial charge in [-0.2, -0.15) is 0 Å². The van der Waals surface area contributed by atoms with Crippen molar-refractivity contribution < 1.29 is 14.3 Å². The van der Waals surface area contributed by atoms with Crippen LogP contribution >= 0.6 is 0 Å². The van der Waals surface area contributed by atoms with Gasteiger partial charge in [0.25, 0.3) is 0 Å². The van der Waals surface area contributed by atoms with Crippen LogP contribution in [0.1, 0.15) is 30.9 Å². The molecule has 1 fully saturated rings. The zero-order valence-electron chi connectivity index (χ0n) is 14.5. The van der Waals surface area contributed by atoms with Gasteiger partial charge in [0, 0.05) is 26.8 Å². The first-order chi connectivity index (χ1) is 11.2. The fourth-order valence-corrected chi connectivity index (χ4v) is 3.12. The molecule has 5 nitrogen and oxygen atoms in total. The number of amides is 1. The molecular weight excluding hydrogens is 292 g/mol. The molecule has 1 aromatic rings. The summed E-state index contributed by atoms with van der Waals surface area (Å²) in [5, 5.41) is 0. The highest BCUT2D eigenvalue weighted by molar-refractivity contribution is 5.79. The highest BCUT2D eigenvalue weighted by Gasteiger charge is 2.30. The monoisotopic (exact) mass is 320 g/mol. The van der Waals surface area contributed by atoms with Crippen molar-refractivity contribution in [3.05, 3.63) is 29.8 Å². The lowest BCUT2D eigenvalue weighted by Crippen LogP contribution is -2.39. The van der Waals surface area contributed by atoms with Gasteiger partial charge in [-0.05, 0) is 44.0 Å². The third kappa shape index (κ3) is 4.94. The summed E-state index contributed by atoms with van der Waals surface area (Å²) in [6.45, 7) is 2.93. The van der Waals surface area contributed by atoms with Crippen LogP contribution in [0.25, 0.3) is 0 Å². The summed E-state index contributed by atoms with van der Waals surface area (Å²) in [6, 6.07) is 8.26. The third-order valence-electron chi connectivity index (χ3n) is 4.37. The molecule has 1 amide bonds. The van der Waals surface area contributed by atoms with Crippen LogP contribution in [0.2, 0.25) is 0 Å². The smallest absolute Gasteiger partial charge is 0.237 e. The van der Waals surface area contributed by atoms with E-state index in [0.29, 0.717) is 6.54 Å². The second kappa shape index (κ2) is 8.89. The van der Waals surface area contributed by atoms with Gasteiger partial charge in [0.05, 0.1) is 19.7 Å². The number of hydrogen-bond acceptors (Lipinski definition) is 4. The number of methoxy groups -OCH3 is 2. The summed E-state index contributed by atoms with van der Waals surface area (Å²) in [6.07, 6.45) is 3.05. The zero-order valence-corrected chi connectivity index (χ0v) is 14.5. The molecule has 2 rings (SSSR count). The molecule has 128 valence electrons. The van der Waals surface area contributed by atoms with E-state index in [-0.39, 0.29) is 11.9 Å². The van der Waals surface area contributed by atoms with E-state index in [2.05, 4.69) is 17.0 Å². The lowest BCUT2D eigenvalue weighted by atomic mass is 10.0. The quantitative estimate of drug-likeness (QED) is 0.690. The molecule has 1 saturated heterocycles. The Morgan fingerprint density at radius 2 is 2.04 bits per heavy atom. The van der Waals surface area contributed by atoms with E-state index in [9.17, 15) is 4.79 Å². The summed E-state index contributed by atoms with van der Waals surface area (Å²) in [5.41, 5.74) is 1.19. The second-order valence-corrected chi connectivity index (χ2v) is 6.10. The molecule has 1 atom stereocenters. The van der Waals surface area contributed by atoms with Crippen molar-refractivity contribution in [3.63, 3.8) is 0 Å². The number of benzene rings is 1. The van der Waals surface area contributed by atoms with Gasteiger partial charge in [-0.25, -0.2) is 0 Å². The number of rotatable bonds is 8. The summed E-state index contributed by atoms with van der Waals surface area (Å²) in [4.78, 5) is 16.7. The maximum Gasteiger partial charge on any atom is 0.237 e. The fraction of sp³-hybridized carbons (Fsp3) is 0.611. The lowest BCUT2D eigenvalue weighted by molar-refractivity contribution is -0.133. The fourth-order valence-electron chi connectivity index (χ4n) is 3.12. The van der Waals surface area contributed by atoms with E-state index in [1.807, 2.05) is 24.1 Å². The maximum absolute atomic E-state index is 12.6. The molecule has 0 aliphatic carbocycles. The van der Waals surface area contributed by atoms with Crippen molar-refractivity contribution in [1.82, 2.24) is 9.80 Å². The molecule has 0 aromatic heterocycles. The number of carbonyl (C=O) groups excluding carboxylic acids is 1. The van der Waals surface area contributed by atoms with E-state index in [1.54, 1.807) is 14.2 Å². The van der Waals surface area contributed by atoms with Gasteiger partial charge >= 0.3 is 0 Å². The van der Waals surface area contributed by atoms with E-state index in [0.717, 1.165) is 44.7 Å². The normalized spacial score (nSPS) is 17.7. The minimum Gasteiger partial charge on any atom is -0.497 e. The molecule has 0 N–H and O–H groups in total. The average Bonchev–Trinajstić information content (AvgIpc) is 3.05. The van der Waals surface area contributed by atoms with Crippen LogP contribution in [0.3, 0.4) is 0 Å². The van der Waals surface area contributed by atoms with E-state index in [4.69, 9.17) is 9.47 Å². The van der Waals surface area contributed by atoms with Gasteiger partial charge in [-0.1, -0.05) is 12.1 Å². The Morgan fingerprint density at radius 1 is 1.30 bits per heavy atom. The Balaban J connectivity index is 1.93. The van der Waals surface area contributed by atoms with Gasteiger partial charge < -0.3 is 14.4 Å². The Hall–Kier alpha value is -1.59. The Kier molecular flexibility index (Phi) is 6.86. The summed E-state index contributed by atoms with van der Waals surface area (Å²) < 4.78 is 10.3. The molecule has 1 aliphatic heterocycles. The highest BCUT2D eigenvalue weighted by Crippen LogP contribution is 2.32. The van der Waals surface area contributed by atoms with Gasteiger partial charge in [-0.3, -0.25) is 9.69 Å². The van der Waals surface area contributed by atoms with Crippen LogP contribution in [0.15, 0.2) is 24.3 Å². The largest absolute Gasteiger partial charge is 0.497 e. The van der Waals surface area contributed by atoms with Crippen molar-refractivity contribution in [1.29, 1.82) is 0 Å². The molecule has 1 aromatic carbocycles. The van der Waals surface area contributed by atoms with Crippen LogP contribution in [0, 0.1) is 0 Å². The summed E-state index contributed by atoms with van der Waals surface area (Å²) in [7, 11) is 5.36. The number of hydrogen-bond donors (Lipinski definition) is 0. The number of ether oxygens (including phenoxy) is 2. The van der Waals surface area contributed by atoms with Crippen molar-refractivity contribution in [2.75, 3.05) is 47.5 Å². The average molecular weight is 320 g/mol. The van der Waals surface area contributed by atoms with Gasteiger partial charge in [0.15, 0.2) is 0 Å². The van der Waals surface area contributed by atoms with E-state index in [1.165, 1.54) is 5.56 Å². The molecule has 1 heterocycles. The minimum atomic E-state index is 0.195. The molecule has 23 heavy (non-hydrogen) atoms. The highest BCUT2D eigenvalue weighted by atomic mass is 16.5. The Bertz CT molecular complexity index is 490. The second-order valence-electron chi connectivity index (χ2n) is 6.10. The predicted octanol–water partition coefficient (Wildman–Crippen LogP) is 2.33. The molecule has 5 heteroatoms. The van der Waals surface area contributed by atoms with Gasteiger partial charge in [-0.15, -0.1) is 0 Å². The number of likely N-dealkylation sites (tertiary alicyclic amines) is 1. The van der Waals surface area contributed by atoms with Gasteiger partial charge in [0.2, 0.25) is 5.91 Å². The first kappa shape index (κ1) is 17.8. The minimum absolute atomic E-state index is 0.195. The molecule has 0 bridgehead atoms. The topological polar surface area (TPSA) is 42.0 Å². The number of likely N-dealkylation sites (N-methyl/N-ethyl adjacent to an activating group) is 1. The summed E-state index contributed by atoms with van der Waals surface area (Å²) in [5.74, 6) is 1.06. The molecule has 1 aliphatic rings. The van der Waals surface area contributed by atoms with Crippen molar-refractivity contribution in [3.8, 4) is 5.75 Å². The van der Waals surface area contributed by atoms with Crippen LogP contribution in [0.5, 0.6) is 5.75 Å². The SMILES string of the molecule is COCCCN(C)CC(=O)N1CCCC1c1ccc(OC)cc1.